The van der Waals surface area contributed by atoms with Gasteiger partial charge in [-0.2, -0.15) is 0 Å². The van der Waals surface area contributed by atoms with Crippen LogP contribution in [0.4, 0.5) is 0 Å². The summed E-state index contributed by atoms with van der Waals surface area (Å²) in [6.45, 7) is 5.73. The van der Waals surface area contributed by atoms with Gasteiger partial charge in [-0.25, -0.2) is 9.89 Å². The Hall–Kier alpha value is -2.22. The highest BCUT2D eigenvalue weighted by atomic mass is 32.2. The van der Waals surface area contributed by atoms with E-state index in [1.807, 2.05) is 32.9 Å². The lowest BCUT2D eigenvalue weighted by Crippen LogP contribution is -2.19. The summed E-state index contributed by atoms with van der Waals surface area (Å²) in [4.78, 5) is 12.6. The number of oxime groups is 1. The molecule has 7 nitrogen and oxygen atoms in total. The predicted molar refractivity (Wildman–Crippen MR) is 81.0 cm³/mol. The van der Waals surface area contributed by atoms with Crippen molar-refractivity contribution in [2.75, 3.05) is 0 Å². The Bertz CT molecular complexity index is 732. The minimum atomic E-state index is -0.258. The molecule has 1 heterocycles. The molecule has 4 N–H and O–H groups in total. The topological polar surface area (TPSA) is 109 Å². The van der Waals surface area contributed by atoms with Crippen LogP contribution < -0.4 is 11.4 Å². The molecule has 0 saturated carbocycles. The lowest BCUT2D eigenvalue weighted by molar-refractivity contribution is 0.318. The van der Waals surface area contributed by atoms with Gasteiger partial charge in [0.05, 0.1) is 0 Å². The molecule has 21 heavy (non-hydrogen) atoms. The molecule has 2 rings (SSSR count). The Morgan fingerprint density at radius 3 is 2.86 bits per heavy atom. The highest BCUT2D eigenvalue weighted by Crippen LogP contribution is 2.32. The number of nitrogens with zero attached hydrogens (tertiary/aromatic N) is 3. The molecule has 0 atom stereocenters. The number of hydrogen-bond acceptors (Lipinski definition) is 5. The molecule has 0 saturated heterocycles. The van der Waals surface area contributed by atoms with Crippen LogP contribution in [-0.4, -0.2) is 25.8 Å². The quantitative estimate of drug-likeness (QED) is 0.345. The van der Waals surface area contributed by atoms with Crippen molar-refractivity contribution in [2.24, 2.45) is 10.9 Å². The summed E-state index contributed by atoms with van der Waals surface area (Å²) in [7, 11) is 0. The van der Waals surface area contributed by atoms with Gasteiger partial charge < -0.3 is 10.9 Å². The first-order valence-electron chi connectivity index (χ1n) is 6.38. The molecule has 0 amide bonds. The van der Waals surface area contributed by atoms with Gasteiger partial charge >= 0.3 is 5.69 Å². The number of H-pyrrole nitrogens is 1. The van der Waals surface area contributed by atoms with E-state index < -0.39 is 0 Å². The smallest absolute Gasteiger partial charge is 0.344 e. The average molecular weight is 307 g/mol. The van der Waals surface area contributed by atoms with Gasteiger partial charge in [0.25, 0.3) is 0 Å². The number of amidine groups is 1. The Morgan fingerprint density at radius 2 is 2.24 bits per heavy atom. The van der Waals surface area contributed by atoms with Crippen LogP contribution in [0.15, 0.2) is 38.2 Å². The summed E-state index contributed by atoms with van der Waals surface area (Å²) in [5, 5.41) is 19.0. The van der Waals surface area contributed by atoms with Gasteiger partial charge in [-0.15, -0.1) is 5.10 Å². The molecule has 1 aromatic heterocycles. The third-order valence-electron chi connectivity index (χ3n) is 2.98. The molecule has 0 radical (unpaired) electrons. The van der Waals surface area contributed by atoms with E-state index in [0.717, 1.165) is 10.5 Å². The zero-order valence-electron chi connectivity index (χ0n) is 12.0. The van der Waals surface area contributed by atoms with Crippen molar-refractivity contribution < 1.29 is 5.21 Å². The van der Waals surface area contributed by atoms with Crippen molar-refractivity contribution in [2.45, 2.75) is 36.9 Å². The second kappa shape index (κ2) is 6.04. The first-order valence-corrected chi connectivity index (χ1v) is 7.19. The molecule has 8 heteroatoms. The zero-order chi connectivity index (χ0) is 15.6. The Kier molecular flexibility index (Phi) is 4.37. The van der Waals surface area contributed by atoms with Crippen LogP contribution in [0.3, 0.4) is 0 Å². The van der Waals surface area contributed by atoms with Gasteiger partial charge in [-0.3, -0.25) is 4.57 Å². The highest BCUT2D eigenvalue weighted by Gasteiger charge is 2.17. The monoisotopic (exact) mass is 307 g/mol. The third-order valence-corrected chi connectivity index (χ3v) is 4.19. The van der Waals surface area contributed by atoms with E-state index in [4.69, 9.17) is 10.9 Å². The second-order valence-electron chi connectivity index (χ2n) is 4.81. The van der Waals surface area contributed by atoms with E-state index in [1.165, 1.54) is 11.8 Å². The average Bonchev–Trinajstić information content (AvgIpc) is 2.81. The lowest BCUT2D eigenvalue weighted by Gasteiger charge is -2.12. The molecule has 0 unspecified atom stereocenters. The molecular weight excluding hydrogens is 290 g/mol. The first-order chi connectivity index (χ1) is 9.95. The van der Waals surface area contributed by atoms with Gasteiger partial charge in [0.15, 0.2) is 11.0 Å². The number of nitrogens with two attached hydrogens (primary N) is 1. The number of benzene rings is 1. The molecule has 0 bridgehead atoms. The van der Waals surface area contributed by atoms with E-state index in [9.17, 15) is 4.79 Å². The maximum Gasteiger partial charge on any atom is 0.344 e. The Morgan fingerprint density at radius 1 is 1.52 bits per heavy atom. The number of nitrogens with one attached hydrogen (secondary N) is 1. The van der Waals surface area contributed by atoms with E-state index in [1.54, 1.807) is 10.6 Å². The highest BCUT2D eigenvalue weighted by molar-refractivity contribution is 7.99. The van der Waals surface area contributed by atoms with Crippen molar-refractivity contribution in [3.05, 3.63) is 39.8 Å². The van der Waals surface area contributed by atoms with Gasteiger partial charge in [-0.1, -0.05) is 17.3 Å². The number of aryl methyl sites for hydroxylation is 1. The van der Waals surface area contributed by atoms with E-state index in [-0.39, 0.29) is 17.6 Å². The summed E-state index contributed by atoms with van der Waals surface area (Å²) in [5.41, 5.74) is 7.01. The van der Waals surface area contributed by atoms with Crippen LogP contribution in [0.2, 0.25) is 0 Å². The molecule has 2 aromatic rings. The fourth-order valence-electron chi connectivity index (χ4n) is 1.95. The second-order valence-corrected chi connectivity index (χ2v) is 5.79. The minimum absolute atomic E-state index is 0.0184. The van der Waals surface area contributed by atoms with Gasteiger partial charge in [-0.05, 0) is 44.2 Å². The normalized spacial score (nSPS) is 12.1. The van der Waals surface area contributed by atoms with Crippen molar-refractivity contribution in [3.63, 3.8) is 0 Å². The number of hydrogen-bond donors (Lipinski definition) is 3. The number of aromatic nitrogens is 3. The maximum absolute atomic E-state index is 11.8. The molecular formula is C13H17N5O2S. The summed E-state index contributed by atoms with van der Waals surface area (Å²) in [6, 6.07) is 5.48. The van der Waals surface area contributed by atoms with Crippen molar-refractivity contribution in [1.29, 1.82) is 0 Å². The van der Waals surface area contributed by atoms with Gasteiger partial charge in [0.2, 0.25) is 0 Å². The fourth-order valence-corrected chi connectivity index (χ4v) is 3.13. The number of rotatable bonds is 4. The summed E-state index contributed by atoms with van der Waals surface area (Å²) in [6.07, 6.45) is 0. The maximum atomic E-state index is 11.8. The lowest BCUT2D eigenvalue weighted by atomic mass is 10.1. The van der Waals surface area contributed by atoms with Crippen molar-refractivity contribution >= 4 is 17.6 Å². The van der Waals surface area contributed by atoms with E-state index in [2.05, 4.69) is 15.4 Å². The molecule has 0 aliphatic rings. The van der Waals surface area contributed by atoms with Crippen LogP contribution in [0, 0.1) is 6.92 Å². The van der Waals surface area contributed by atoms with Crippen LogP contribution in [0.1, 0.15) is 31.0 Å². The van der Waals surface area contributed by atoms with Gasteiger partial charge in [0, 0.05) is 16.5 Å². The van der Waals surface area contributed by atoms with Crippen molar-refractivity contribution in [1.82, 2.24) is 14.8 Å². The Labute approximate surface area is 125 Å². The van der Waals surface area contributed by atoms with Crippen LogP contribution in [0.5, 0.6) is 0 Å². The molecule has 112 valence electrons. The van der Waals surface area contributed by atoms with Crippen molar-refractivity contribution in [3.8, 4) is 0 Å². The molecule has 1 aromatic carbocycles. The predicted octanol–water partition coefficient (Wildman–Crippen LogP) is 1.71. The first kappa shape index (κ1) is 15.2. The molecule has 0 spiro atoms. The largest absolute Gasteiger partial charge is 0.409 e. The van der Waals surface area contributed by atoms with Crippen LogP contribution in [0.25, 0.3) is 0 Å². The number of aromatic amines is 1. The van der Waals surface area contributed by atoms with Crippen LogP contribution >= 0.6 is 11.8 Å². The van der Waals surface area contributed by atoms with Gasteiger partial charge in [0.1, 0.15) is 0 Å². The molecule has 0 aliphatic heterocycles. The summed E-state index contributed by atoms with van der Waals surface area (Å²) >= 11 is 1.31. The van der Waals surface area contributed by atoms with E-state index in [0.29, 0.717) is 10.7 Å². The minimum Gasteiger partial charge on any atom is -0.409 e. The molecule has 0 aliphatic carbocycles. The standard InChI is InChI=1S/C13H17N5O2S/c1-7(2)18-12(19)15-16-13(18)21-10-8(3)5-4-6-9(10)11(14)17-20/h4-7,20H,1-3H3,(H2,14,17)(H,15,19). The summed E-state index contributed by atoms with van der Waals surface area (Å²) in [5.74, 6) is 0.0233. The fraction of sp³-hybridized carbons (Fsp3) is 0.308. The SMILES string of the molecule is Cc1cccc(/C(N)=N/O)c1Sc1n[nH]c(=O)n1C(C)C. The summed E-state index contributed by atoms with van der Waals surface area (Å²) < 4.78 is 1.56. The third kappa shape index (κ3) is 2.94. The Balaban J connectivity index is 2.53. The van der Waals surface area contributed by atoms with Crippen LogP contribution in [-0.2, 0) is 0 Å². The zero-order valence-corrected chi connectivity index (χ0v) is 12.8. The molecule has 0 fully saturated rings. The van der Waals surface area contributed by atoms with E-state index >= 15 is 0 Å².